The summed E-state index contributed by atoms with van der Waals surface area (Å²) in [5, 5.41) is 24.6. The molecule has 1 heterocycles. The van der Waals surface area contributed by atoms with E-state index in [2.05, 4.69) is 9.98 Å². The van der Waals surface area contributed by atoms with Gasteiger partial charge in [-0.25, -0.2) is 0 Å². The molecule has 0 N–H and O–H groups in total. The van der Waals surface area contributed by atoms with Crippen molar-refractivity contribution in [2.45, 2.75) is 5.92 Å². The van der Waals surface area contributed by atoms with Crippen molar-refractivity contribution in [3.63, 3.8) is 0 Å². The average molecular weight is 506 g/mol. The smallest absolute Gasteiger partial charge is 0.857 e. The molecular formula is C28H21N3NiO3. The zero-order valence-electron chi connectivity index (χ0n) is 18.6. The third kappa shape index (κ3) is 6.49. The number of rotatable bonds is 8. The number of carbonyl (C=O) groups excluding carboxylic acids is 1. The summed E-state index contributed by atoms with van der Waals surface area (Å²) in [6.45, 7) is -0.0287. The van der Waals surface area contributed by atoms with Crippen molar-refractivity contribution < 1.29 is 31.5 Å². The van der Waals surface area contributed by atoms with E-state index in [0.717, 1.165) is 5.56 Å². The normalized spacial score (nSPS) is 12.5. The molecule has 0 aliphatic rings. The van der Waals surface area contributed by atoms with E-state index in [1.165, 1.54) is 6.20 Å². The summed E-state index contributed by atoms with van der Waals surface area (Å²) in [6.07, 6.45) is 1.54. The number of carboxylic acid groups (broad SMARTS) is 1. The predicted molar refractivity (Wildman–Crippen MR) is 128 cm³/mol. The Kier molecular flexibility index (Phi) is 9.04. The summed E-state index contributed by atoms with van der Waals surface area (Å²) in [7, 11) is 0. The standard InChI is InChI=1S/C28H23N3O3.Ni/c32-27(25-17-9-10-18-29-25)31-24-16-8-7-15-22(24)26(21-13-5-2-6-14-21)30-19-23(28(33)34)20-11-3-1-4-12-20;/h1-18,23H,19H2,(H,31,32)(H,33,34);/q;+2/p-2. The fourth-order valence-corrected chi connectivity index (χ4v) is 3.54. The Labute approximate surface area is 213 Å². The topological polar surface area (TPSA) is 101 Å². The number of aliphatic imine (C=N–C) groups is 2. The van der Waals surface area contributed by atoms with E-state index in [9.17, 15) is 15.0 Å². The molecular weight excluding hydrogens is 485 g/mol. The number of aromatic nitrogens is 1. The van der Waals surface area contributed by atoms with Crippen molar-refractivity contribution in [2.24, 2.45) is 9.98 Å². The van der Waals surface area contributed by atoms with Gasteiger partial charge in [0.2, 0.25) is 0 Å². The number of carbonyl (C=O) groups is 1. The Bertz CT molecular complexity index is 1310. The van der Waals surface area contributed by atoms with Crippen LogP contribution in [0.15, 0.2) is 119 Å². The van der Waals surface area contributed by atoms with Gasteiger partial charge in [0.05, 0.1) is 29.6 Å². The maximum Gasteiger partial charge on any atom is 2.00 e. The third-order valence-corrected chi connectivity index (χ3v) is 5.23. The largest absolute Gasteiger partial charge is 2.00 e. The van der Waals surface area contributed by atoms with Crippen molar-refractivity contribution >= 4 is 23.3 Å². The second-order valence-corrected chi connectivity index (χ2v) is 7.49. The van der Waals surface area contributed by atoms with Gasteiger partial charge in [-0.1, -0.05) is 84.9 Å². The zero-order chi connectivity index (χ0) is 23.8. The minimum absolute atomic E-state index is 0. The molecule has 0 aliphatic heterocycles. The summed E-state index contributed by atoms with van der Waals surface area (Å²) in [4.78, 5) is 25.0. The van der Waals surface area contributed by atoms with Crippen molar-refractivity contribution in [3.05, 3.63) is 132 Å². The van der Waals surface area contributed by atoms with Gasteiger partial charge in [-0.2, -0.15) is 0 Å². The van der Waals surface area contributed by atoms with Crippen molar-refractivity contribution in [1.29, 1.82) is 0 Å². The van der Waals surface area contributed by atoms with Crippen LogP contribution in [-0.4, -0.2) is 29.1 Å². The summed E-state index contributed by atoms with van der Waals surface area (Å²) in [6, 6.07) is 30.5. The first-order chi connectivity index (χ1) is 16.6. The number of hydrogen-bond donors (Lipinski definition) is 0. The molecule has 35 heavy (non-hydrogen) atoms. The molecule has 0 saturated heterocycles. The molecule has 0 amide bonds. The van der Waals surface area contributed by atoms with E-state index in [1.54, 1.807) is 54.6 Å². The zero-order valence-corrected chi connectivity index (χ0v) is 19.5. The fraction of sp³-hybridized carbons (Fsp3) is 0.0714. The molecule has 0 saturated carbocycles. The van der Waals surface area contributed by atoms with Crippen LogP contribution in [0.25, 0.3) is 0 Å². The van der Waals surface area contributed by atoms with E-state index in [-0.39, 0.29) is 28.7 Å². The van der Waals surface area contributed by atoms with E-state index in [0.29, 0.717) is 22.5 Å². The molecule has 4 aromatic rings. The molecule has 0 spiro atoms. The number of hydrogen-bond acceptors (Lipinski definition) is 6. The van der Waals surface area contributed by atoms with Crippen LogP contribution >= 0.6 is 0 Å². The minimum Gasteiger partial charge on any atom is -0.857 e. The summed E-state index contributed by atoms with van der Waals surface area (Å²) < 4.78 is 0. The molecule has 1 atom stereocenters. The van der Waals surface area contributed by atoms with Crippen LogP contribution in [0.1, 0.15) is 28.3 Å². The van der Waals surface area contributed by atoms with Gasteiger partial charge in [-0.15, -0.1) is 0 Å². The number of pyridine rings is 1. The summed E-state index contributed by atoms with van der Waals surface area (Å²) >= 11 is 0. The van der Waals surface area contributed by atoms with E-state index < -0.39 is 17.8 Å². The van der Waals surface area contributed by atoms with Gasteiger partial charge in [0.25, 0.3) is 0 Å². The van der Waals surface area contributed by atoms with Gasteiger partial charge in [0, 0.05) is 29.1 Å². The first-order valence-corrected chi connectivity index (χ1v) is 10.8. The van der Waals surface area contributed by atoms with Gasteiger partial charge in [0.1, 0.15) is 0 Å². The molecule has 176 valence electrons. The van der Waals surface area contributed by atoms with Crippen LogP contribution in [-0.2, 0) is 21.3 Å². The molecule has 0 aliphatic carbocycles. The van der Waals surface area contributed by atoms with E-state index in [1.807, 2.05) is 48.5 Å². The molecule has 1 aromatic heterocycles. The number of aliphatic carboxylic acids is 1. The summed E-state index contributed by atoms with van der Waals surface area (Å²) in [5.74, 6) is -2.60. The van der Waals surface area contributed by atoms with Gasteiger partial charge in [-0.3, -0.25) is 15.0 Å². The van der Waals surface area contributed by atoms with E-state index in [4.69, 9.17) is 4.99 Å². The molecule has 6 nitrogen and oxygen atoms in total. The van der Waals surface area contributed by atoms with Crippen molar-refractivity contribution in [1.82, 2.24) is 4.98 Å². The second-order valence-electron chi connectivity index (χ2n) is 7.49. The predicted octanol–water partition coefficient (Wildman–Crippen LogP) is 2.89. The van der Waals surface area contributed by atoms with E-state index >= 15 is 0 Å². The van der Waals surface area contributed by atoms with Crippen molar-refractivity contribution in [2.75, 3.05) is 6.54 Å². The molecule has 7 heteroatoms. The van der Waals surface area contributed by atoms with Crippen molar-refractivity contribution in [3.8, 4) is 0 Å². The molecule has 0 bridgehead atoms. The Morgan fingerprint density at radius 3 is 2.09 bits per heavy atom. The minimum atomic E-state index is -1.20. The Morgan fingerprint density at radius 1 is 0.800 bits per heavy atom. The molecule has 0 radical (unpaired) electrons. The van der Waals surface area contributed by atoms with Crippen LogP contribution in [0.2, 0.25) is 0 Å². The second kappa shape index (κ2) is 12.4. The van der Waals surface area contributed by atoms with Gasteiger partial charge < -0.3 is 15.0 Å². The Hall–Kier alpha value is -4.09. The number of para-hydroxylation sites is 1. The monoisotopic (exact) mass is 505 g/mol. The number of benzene rings is 3. The first kappa shape index (κ1) is 25.5. The van der Waals surface area contributed by atoms with Crippen LogP contribution in [0, 0.1) is 0 Å². The first-order valence-electron chi connectivity index (χ1n) is 10.8. The molecule has 1 unspecified atom stereocenters. The number of nitrogens with zero attached hydrogens (tertiary/aromatic N) is 3. The maximum atomic E-state index is 12.7. The van der Waals surface area contributed by atoms with Crippen LogP contribution in [0.3, 0.4) is 0 Å². The SMILES string of the molecule is O=C([O-])C(CN=C(c1ccccc1)c1ccccc1N=C([O-])c1ccccn1)c1ccccc1.[Ni+2]. The molecule has 3 aromatic carbocycles. The van der Waals surface area contributed by atoms with Gasteiger partial charge in [-0.05, 0) is 23.8 Å². The summed E-state index contributed by atoms with van der Waals surface area (Å²) in [5.41, 5.74) is 3.20. The number of carboxylic acids is 1. The van der Waals surface area contributed by atoms with Gasteiger partial charge >= 0.3 is 16.5 Å². The Morgan fingerprint density at radius 2 is 1.43 bits per heavy atom. The van der Waals surface area contributed by atoms with Gasteiger partial charge in [0.15, 0.2) is 0 Å². The maximum absolute atomic E-state index is 12.7. The average Bonchev–Trinajstić information content (AvgIpc) is 2.88. The fourth-order valence-electron chi connectivity index (χ4n) is 3.54. The van der Waals surface area contributed by atoms with Crippen LogP contribution in [0.5, 0.6) is 0 Å². The Balaban J connectivity index is 0.00000342. The molecule has 0 fully saturated rings. The molecule has 4 rings (SSSR count). The van der Waals surface area contributed by atoms with Crippen LogP contribution in [0.4, 0.5) is 5.69 Å². The third-order valence-electron chi connectivity index (χ3n) is 5.23. The quantitative estimate of drug-likeness (QED) is 0.209. The van der Waals surface area contributed by atoms with Crippen LogP contribution < -0.4 is 10.2 Å².